The number of aromatic nitrogens is 4. The fraction of sp³-hybridized carbons (Fsp3) is 0.360. The molecule has 2 aliphatic rings. The molecular weight excluding hydrogens is 496 g/mol. The van der Waals surface area contributed by atoms with Crippen LogP contribution >= 0.6 is 0 Å². The standard InChI is InChI=1S/C25H25F2N9O2/c26-18-3-4-36(14-18)24-16(10-28)9-17(11-30-24)23-20(27)13-31-25(34-23)32-19-1-2-21(29-12-19)33-22(37)15-35-5-7-38-8-6-35/h1-2,9,11-13,18H,3-8,14-15H2,(H,29,33,37)(H,31,32,34)/t18-/m0/s1. The zero-order valence-corrected chi connectivity index (χ0v) is 20.4. The van der Waals surface area contributed by atoms with E-state index >= 15 is 0 Å². The zero-order chi connectivity index (χ0) is 26.5. The second-order valence-electron chi connectivity index (χ2n) is 8.92. The second kappa shape index (κ2) is 11.4. The van der Waals surface area contributed by atoms with E-state index in [1.165, 1.54) is 18.5 Å². The van der Waals surface area contributed by atoms with Crippen molar-refractivity contribution in [3.05, 3.63) is 48.2 Å². The van der Waals surface area contributed by atoms with Gasteiger partial charge in [0.1, 0.15) is 29.6 Å². The minimum Gasteiger partial charge on any atom is -0.379 e. The van der Waals surface area contributed by atoms with E-state index in [4.69, 9.17) is 4.74 Å². The Morgan fingerprint density at radius 1 is 1.16 bits per heavy atom. The van der Waals surface area contributed by atoms with Crippen molar-refractivity contribution in [2.45, 2.75) is 12.6 Å². The third-order valence-corrected chi connectivity index (χ3v) is 6.19. The molecule has 0 unspecified atom stereocenters. The number of nitriles is 1. The number of pyridine rings is 2. The molecule has 0 aromatic carbocycles. The number of carbonyl (C=O) groups is 1. The molecule has 5 heterocycles. The molecule has 3 aromatic rings. The largest absolute Gasteiger partial charge is 0.379 e. The molecule has 0 saturated carbocycles. The molecule has 0 aliphatic carbocycles. The average Bonchev–Trinajstić information content (AvgIpc) is 3.37. The van der Waals surface area contributed by atoms with Gasteiger partial charge in [0.05, 0.1) is 49.9 Å². The number of hydrogen-bond acceptors (Lipinski definition) is 10. The summed E-state index contributed by atoms with van der Waals surface area (Å²) in [6.07, 6.45) is 3.33. The first-order valence-electron chi connectivity index (χ1n) is 12.1. The Bertz CT molecular complexity index is 1340. The van der Waals surface area contributed by atoms with Crippen LogP contribution in [0.15, 0.2) is 36.8 Å². The van der Waals surface area contributed by atoms with Crippen molar-refractivity contribution in [2.24, 2.45) is 0 Å². The van der Waals surface area contributed by atoms with Crippen LogP contribution in [-0.4, -0.2) is 82.9 Å². The van der Waals surface area contributed by atoms with Crippen LogP contribution in [0.4, 0.5) is 32.1 Å². The number of halogens is 2. The Hall–Kier alpha value is -4.28. The van der Waals surface area contributed by atoms with Crippen molar-refractivity contribution in [2.75, 3.05) is 61.5 Å². The lowest BCUT2D eigenvalue weighted by molar-refractivity contribution is -0.118. The summed E-state index contributed by atoms with van der Waals surface area (Å²) < 4.78 is 33.5. The van der Waals surface area contributed by atoms with E-state index in [1.807, 2.05) is 4.90 Å². The van der Waals surface area contributed by atoms with Crippen molar-refractivity contribution in [3.8, 4) is 17.3 Å². The molecule has 196 valence electrons. The highest BCUT2D eigenvalue weighted by atomic mass is 19.1. The third-order valence-electron chi connectivity index (χ3n) is 6.19. The lowest BCUT2D eigenvalue weighted by atomic mass is 10.1. The molecule has 3 aromatic heterocycles. The number of nitrogens with one attached hydrogen (secondary N) is 2. The Balaban J connectivity index is 1.26. The van der Waals surface area contributed by atoms with Crippen LogP contribution in [-0.2, 0) is 9.53 Å². The number of alkyl halides is 1. The summed E-state index contributed by atoms with van der Waals surface area (Å²) in [6, 6.07) is 6.86. The molecule has 2 saturated heterocycles. The molecule has 1 atom stereocenters. The van der Waals surface area contributed by atoms with Crippen molar-refractivity contribution < 1.29 is 18.3 Å². The predicted molar refractivity (Wildman–Crippen MR) is 135 cm³/mol. The van der Waals surface area contributed by atoms with Crippen LogP contribution in [0.2, 0.25) is 0 Å². The SMILES string of the molecule is N#Cc1cc(-c2nc(Nc3ccc(NC(=O)CN4CCOCC4)nc3)ncc2F)cnc1N1CC[C@H](F)C1. The van der Waals surface area contributed by atoms with Gasteiger partial charge >= 0.3 is 0 Å². The predicted octanol–water partition coefficient (Wildman–Crippen LogP) is 2.51. The van der Waals surface area contributed by atoms with Gasteiger partial charge in [0.25, 0.3) is 0 Å². The Morgan fingerprint density at radius 3 is 2.71 bits per heavy atom. The van der Waals surface area contributed by atoms with Crippen LogP contribution in [0.3, 0.4) is 0 Å². The van der Waals surface area contributed by atoms with E-state index in [0.717, 1.165) is 6.20 Å². The summed E-state index contributed by atoms with van der Waals surface area (Å²) in [4.78, 5) is 32.8. The van der Waals surface area contributed by atoms with Gasteiger partial charge in [-0.1, -0.05) is 0 Å². The molecule has 0 spiro atoms. The highest BCUT2D eigenvalue weighted by molar-refractivity contribution is 5.91. The molecule has 5 rings (SSSR count). The van der Waals surface area contributed by atoms with Gasteiger partial charge in [-0.15, -0.1) is 0 Å². The molecule has 2 fully saturated rings. The minimum atomic E-state index is -0.967. The van der Waals surface area contributed by atoms with Crippen LogP contribution < -0.4 is 15.5 Å². The number of ether oxygens (including phenoxy) is 1. The molecule has 2 N–H and O–H groups in total. The molecule has 38 heavy (non-hydrogen) atoms. The van der Waals surface area contributed by atoms with Gasteiger partial charge in [0, 0.05) is 31.4 Å². The van der Waals surface area contributed by atoms with Crippen molar-refractivity contribution in [1.29, 1.82) is 5.26 Å². The first kappa shape index (κ1) is 25.4. The smallest absolute Gasteiger partial charge is 0.239 e. The zero-order valence-electron chi connectivity index (χ0n) is 20.4. The van der Waals surface area contributed by atoms with Gasteiger partial charge in [0.2, 0.25) is 11.9 Å². The number of nitrogens with zero attached hydrogens (tertiary/aromatic N) is 7. The first-order valence-corrected chi connectivity index (χ1v) is 12.1. The van der Waals surface area contributed by atoms with Crippen LogP contribution in [0.1, 0.15) is 12.0 Å². The van der Waals surface area contributed by atoms with Gasteiger partial charge in [-0.3, -0.25) is 9.69 Å². The molecule has 1 amide bonds. The van der Waals surface area contributed by atoms with Crippen molar-refractivity contribution in [1.82, 2.24) is 24.8 Å². The maximum atomic E-state index is 14.6. The van der Waals surface area contributed by atoms with Crippen LogP contribution in [0.5, 0.6) is 0 Å². The van der Waals surface area contributed by atoms with E-state index in [9.17, 15) is 18.8 Å². The molecule has 0 radical (unpaired) electrons. The fourth-order valence-corrected chi connectivity index (χ4v) is 4.28. The van der Waals surface area contributed by atoms with Gasteiger partial charge in [-0.25, -0.2) is 28.7 Å². The molecule has 0 bridgehead atoms. The van der Waals surface area contributed by atoms with Gasteiger partial charge in [-0.2, -0.15) is 5.26 Å². The van der Waals surface area contributed by atoms with Crippen LogP contribution in [0.25, 0.3) is 11.3 Å². The summed E-state index contributed by atoms with van der Waals surface area (Å²) in [5.74, 6) is 0.0107. The first-order chi connectivity index (χ1) is 18.5. The summed E-state index contributed by atoms with van der Waals surface area (Å²) in [5, 5.41) is 15.3. The number of carbonyl (C=O) groups excluding carboxylic acids is 1. The van der Waals surface area contributed by atoms with Gasteiger partial charge < -0.3 is 20.3 Å². The summed E-state index contributed by atoms with van der Waals surface area (Å²) in [7, 11) is 0. The topological polar surface area (TPSA) is 132 Å². The Labute approximate surface area is 217 Å². The third kappa shape index (κ3) is 5.99. The van der Waals surface area contributed by atoms with Gasteiger partial charge in [-0.05, 0) is 24.6 Å². The number of morpholine rings is 1. The minimum absolute atomic E-state index is 0.0391. The molecular formula is C25H25F2N9O2. The maximum absolute atomic E-state index is 14.6. The lowest BCUT2D eigenvalue weighted by Crippen LogP contribution is -2.41. The maximum Gasteiger partial charge on any atom is 0.239 e. The second-order valence-corrected chi connectivity index (χ2v) is 8.92. The van der Waals surface area contributed by atoms with E-state index < -0.39 is 12.0 Å². The van der Waals surface area contributed by atoms with Crippen molar-refractivity contribution >= 4 is 29.2 Å². The average molecular weight is 522 g/mol. The Morgan fingerprint density at radius 2 is 2.00 bits per heavy atom. The van der Waals surface area contributed by atoms with E-state index in [-0.39, 0.29) is 36.2 Å². The number of rotatable bonds is 7. The van der Waals surface area contributed by atoms with Crippen molar-refractivity contribution in [3.63, 3.8) is 0 Å². The van der Waals surface area contributed by atoms with E-state index in [0.29, 0.717) is 62.2 Å². The highest BCUT2D eigenvalue weighted by Gasteiger charge is 2.25. The number of anilines is 4. The number of hydrogen-bond donors (Lipinski definition) is 2. The highest BCUT2D eigenvalue weighted by Crippen LogP contribution is 2.28. The quantitative estimate of drug-likeness (QED) is 0.478. The monoisotopic (exact) mass is 521 g/mol. The van der Waals surface area contributed by atoms with E-state index in [2.05, 4.69) is 36.6 Å². The summed E-state index contributed by atoms with van der Waals surface area (Å²) in [5.41, 5.74) is 0.984. The molecule has 11 nitrogen and oxygen atoms in total. The number of amides is 1. The Kier molecular flexibility index (Phi) is 7.62. The van der Waals surface area contributed by atoms with Gasteiger partial charge in [0.15, 0.2) is 5.82 Å². The summed E-state index contributed by atoms with van der Waals surface area (Å²) in [6.45, 7) is 3.53. The molecule has 13 heteroatoms. The van der Waals surface area contributed by atoms with E-state index in [1.54, 1.807) is 17.0 Å². The normalized spacial score (nSPS) is 17.7. The fourth-order valence-electron chi connectivity index (χ4n) is 4.28. The van der Waals surface area contributed by atoms with Crippen LogP contribution in [0, 0.1) is 17.1 Å². The summed E-state index contributed by atoms with van der Waals surface area (Å²) >= 11 is 0. The molecule has 2 aliphatic heterocycles. The lowest BCUT2D eigenvalue weighted by Gasteiger charge is -2.25.